The molecule has 0 bridgehead atoms. The van der Waals surface area contributed by atoms with E-state index in [1.165, 1.54) is 0 Å². The fourth-order valence-corrected chi connectivity index (χ4v) is 1.34. The van der Waals surface area contributed by atoms with E-state index in [0.717, 1.165) is 14.2 Å². The second-order valence-electron chi connectivity index (χ2n) is 3.27. The topological polar surface area (TPSA) is 48.4 Å². The summed E-state index contributed by atoms with van der Waals surface area (Å²) in [5, 5.41) is 0. The van der Waals surface area contributed by atoms with Crippen LogP contribution in [0, 0.1) is 0 Å². The molecule has 1 rings (SSSR count). The van der Waals surface area contributed by atoms with Gasteiger partial charge >= 0.3 is 12.1 Å². The van der Waals surface area contributed by atoms with Crippen LogP contribution in [0.1, 0.15) is 28.0 Å². The minimum atomic E-state index is -5.08. The van der Waals surface area contributed by atoms with Crippen molar-refractivity contribution >= 4 is 5.97 Å². The van der Waals surface area contributed by atoms with Crippen LogP contribution in [-0.4, -0.2) is 25.2 Å². The molecule has 0 unspecified atom stereocenters. The van der Waals surface area contributed by atoms with E-state index in [4.69, 9.17) is 0 Å². The van der Waals surface area contributed by atoms with Crippen LogP contribution < -0.4 is 4.74 Å². The Hall–Kier alpha value is -1.93. The summed E-state index contributed by atoms with van der Waals surface area (Å²) in [5.74, 6) is -2.16. The number of hydrogen-bond acceptors (Lipinski definition) is 4. The number of pyridine rings is 1. The lowest BCUT2D eigenvalue weighted by Crippen LogP contribution is -2.16. The molecule has 106 valence electrons. The van der Waals surface area contributed by atoms with E-state index < -0.39 is 41.3 Å². The lowest BCUT2D eigenvalue weighted by atomic mass is 10.1. The summed E-state index contributed by atoms with van der Waals surface area (Å²) in [6, 6.07) is 0.204. The summed E-state index contributed by atoms with van der Waals surface area (Å²) in [4.78, 5) is 14.4. The zero-order chi connectivity index (χ0) is 14.8. The number of carbonyl (C=O) groups is 1. The number of alkyl halides is 5. The van der Waals surface area contributed by atoms with Crippen LogP contribution in [0.2, 0.25) is 0 Å². The van der Waals surface area contributed by atoms with Gasteiger partial charge in [-0.25, -0.2) is 18.6 Å². The van der Waals surface area contributed by atoms with E-state index in [0.29, 0.717) is 0 Å². The predicted molar refractivity (Wildman–Crippen MR) is 52.1 cm³/mol. The smallest absolute Gasteiger partial charge is 0.417 e. The maximum atomic E-state index is 12.7. The van der Waals surface area contributed by atoms with Gasteiger partial charge in [0.1, 0.15) is 0 Å². The number of hydrogen-bond donors (Lipinski definition) is 0. The van der Waals surface area contributed by atoms with Crippen LogP contribution >= 0.6 is 0 Å². The van der Waals surface area contributed by atoms with Gasteiger partial charge in [0.2, 0.25) is 5.88 Å². The quantitative estimate of drug-likeness (QED) is 0.633. The van der Waals surface area contributed by atoms with Crippen molar-refractivity contribution in [3.8, 4) is 5.88 Å². The SMILES string of the molecule is COC(=O)c1cc(C(F)(F)F)c(C(F)F)c(OC)n1. The fraction of sp³-hybridized carbons (Fsp3) is 0.400. The molecule has 4 nitrogen and oxygen atoms in total. The Balaban J connectivity index is 3.59. The molecule has 1 aromatic rings. The van der Waals surface area contributed by atoms with Crippen LogP contribution in [0.25, 0.3) is 0 Å². The van der Waals surface area contributed by atoms with Crippen molar-refractivity contribution in [2.24, 2.45) is 0 Å². The number of rotatable bonds is 3. The Morgan fingerprint density at radius 3 is 2.26 bits per heavy atom. The molecular formula is C10H8F5NO3. The Kier molecular flexibility index (Phi) is 4.28. The lowest BCUT2D eigenvalue weighted by molar-refractivity contribution is -0.139. The van der Waals surface area contributed by atoms with Crippen molar-refractivity contribution < 1.29 is 36.2 Å². The van der Waals surface area contributed by atoms with Gasteiger partial charge in [-0.05, 0) is 6.07 Å². The number of halogens is 5. The van der Waals surface area contributed by atoms with Crippen LogP contribution in [0.3, 0.4) is 0 Å². The molecule has 1 aromatic heterocycles. The molecule has 1 heterocycles. The number of ether oxygens (including phenoxy) is 2. The standard InChI is InChI=1S/C10H8F5NO3/c1-18-8-6(7(11)12)4(10(13,14)15)3-5(16-8)9(17)19-2/h3,7H,1-2H3. The van der Waals surface area contributed by atoms with Gasteiger partial charge in [0.05, 0.1) is 25.3 Å². The first-order chi connectivity index (χ1) is 8.72. The molecule has 0 aliphatic heterocycles. The second-order valence-corrected chi connectivity index (χ2v) is 3.27. The summed E-state index contributed by atoms with van der Waals surface area (Å²) >= 11 is 0. The molecule has 0 spiro atoms. The number of carbonyl (C=O) groups excluding carboxylic acids is 1. The van der Waals surface area contributed by atoms with Crippen molar-refractivity contribution in [2.75, 3.05) is 14.2 Å². The van der Waals surface area contributed by atoms with Gasteiger partial charge in [-0.3, -0.25) is 0 Å². The highest BCUT2D eigenvalue weighted by Crippen LogP contribution is 2.40. The zero-order valence-electron chi connectivity index (χ0n) is 9.72. The van der Waals surface area contributed by atoms with Crippen molar-refractivity contribution in [3.63, 3.8) is 0 Å². The highest BCUT2D eigenvalue weighted by atomic mass is 19.4. The Morgan fingerprint density at radius 1 is 1.32 bits per heavy atom. The summed E-state index contributed by atoms with van der Waals surface area (Å²) in [5.41, 5.74) is -3.87. The number of aromatic nitrogens is 1. The van der Waals surface area contributed by atoms with Crippen molar-refractivity contribution in [1.82, 2.24) is 4.98 Å². The molecular weight excluding hydrogens is 277 g/mol. The van der Waals surface area contributed by atoms with E-state index >= 15 is 0 Å². The molecule has 0 aliphatic rings. The van der Waals surface area contributed by atoms with Gasteiger partial charge in [0, 0.05) is 0 Å². The normalized spacial score (nSPS) is 11.6. The van der Waals surface area contributed by atoms with Gasteiger partial charge in [-0.2, -0.15) is 13.2 Å². The third-order valence-electron chi connectivity index (χ3n) is 2.14. The van der Waals surface area contributed by atoms with Crippen molar-refractivity contribution in [1.29, 1.82) is 0 Å². The number of esters is 1. The zero-order valence-corrected chi connectivity index (χ0v) is 9.72. The minimum Gasteiger partial charge on any atom is -0.481 e. The van der Waals surface area contributed by atoms with E-state index in [1.807, 2.05) is 0 Å². The molecule has 0 amide bonds. The second kappa shape index (κ2) is 5.37. The molecule has 0 saturated carbocycles. The largest absolute Gasteiger partial charge is 0.481 e. The van der Waals surface area contributed by atoms with Crippen LogP contribution in [0.4, 0.5) is 22.0 Å². The monoisotopic (exact) mass is 285 g/mol. The summed E-state index contributed by atoms with van der Waals surface area (Å²) in [6.07, 6.45) is -8.53. The first-order valence-corrected chi connectivity index (χ1v) is 4.75. The molecule has 0 N–H and O–H groups in total. The van der Waals surface area contributed by atoms with Crippen LogP contribution in [-0.2, 0) is 10.9 Å². The average Bonchev–Trinajstić information content (AvgIpc) is 2.34. The minimum absolute atomic E-state index is 0.204. The van der Waals surface area contributed by atoms with Gasteiger partial charge in [0.25, 0.3) is 6.43 Å². The number of nitrogens with zero attached hydrogens (tertiary/aromatic N) is 1. The highest BCUT2D eigenvalue weighted by Gasteiger charge is 2.39. The predicted octanol–water partition coefficient (Wildman–Crippen LogP) is 2.83. The van der Waals surface area contributed by atoms with Gasteiger partial charge in [-0.1, -0.05) is 0 Å². The van der Waals surface area contributed by atoms with E-state index in [9.17, 15) is 26.7 Å². The molecule has 0 aromatic carbocycles. The van der Waals surface area contributed by atoms with E-state index in [-0.39, 0.29) is 6.07 Å². The number of methoxy groups -OCH3 is 2. The van der Waals surface area contributed by atoms with Gasteiger partial charge in [-0.15, -0.1) is 0 Å². The Labute approximate surface area is 104 Å². The van der Waals surface area contributed by atoms with Crippen LogP contribution in [0.15, 0.2) is 6.07 Å². The Morgan fingerprint density at radius 2 is 1.89 bits per heavy atom. The van der Waals surface area contributed by atoms with Crippen molar-refractivity contribution in [3.05, 3.63) is 22.9 Å². The first kappa shape index (κ1) is 15.1. The fourth-order valence-electron chi connectivity index (χ4n) is 1.34. The maximum Gasteiger partial charge on any atom is 0.417 e. The van der Waals surface area contributed by atoms with Crippen LogP contribution in [0.5, 0.6) is 5.88 Å². The van der Waals surface area contributed by atoms with Gasteiger partial charge in [0.15, 0.2) is 5.69 Å². The highest BCUT2D eigenvalue weighted by molar-refractivity contribution is 5.87. The summed E-state index contributed by atoms with van der Waals surface area (Å²) < 4.78 is 72.0. The third kappa shape index (κ3) is 3.09. The Bertz CT molecular complexity index is 487. The average molecular weight is 285 g/mol. The molecule has 19 heavy (non-hydrogen) atoms. The lowest BCUT2D eigenvalue weighted by Gasteiger charge is -2.15. The van der Waals surface area contributed by atoms with Gasteiger partial charge < -0.3 is 9.47 Å². The molecule has 9 heteroatoms. The molecule has 0 radical (unpaired) electrons. The van der Waals surface area contributed by atoms with E-state index in [1.54, 1.807) is 0 Å². The molecule has 0 saturated heterocycles. The van der Waals surface area contributed by atoms with E-state index in [2.05, 4.69) is 14.5 Å². The first-order valence-electron chi connectivity index (χ1n) is 4.75. The molecule has 0 aliphatic carbocycles. The maximum absolute atomic E-state index is 12.7. The summed E-state index contributed by atoms with van der Waals surface area (Å²) in [6.45, 7) is 0. The van der Waals surface area contributed by atoms with Crippen molar-refractivity contribution in [2.45, 2.75) is 12.6 Å². The molecule has 0 fully saturated rings. The third-order valence-corrected chi connectivity index (χ3v) is 2.14. The summed E-state index contributed by atoms with van der Waals surface area (Å²) in [7, 11) is 1.79. The molecule has 0 atom stereocenters.